The number of hydrogen-bond acceptors (Lipinski definition) is 8. The fourth-order valence-electron chi connectivity index (χ4n) is 5.66. The van der Waals surface area contributed by atoms with Crippen molar-refractivity contribution in [3.8, 4) is 22.9 Å². The monoisotopic (exact) mass is 612 g/mol. The Balaban J connectivity index is 1.33. The van der Waals surface area contributed by atoms with Crippen LogP contribution in [0, 0.1) is 5.92 Å². The lowest BCUT2D eigenvalue weighted by atomic mass is 9.93. The number of ether oxygens (including phenoxy) is 1. The molecule has 2 aliphatic heterocycles. The van der Waals surface area contributed by atoms with Crippen LogP contribution < -0.4 is 9.64 Å². The summed E-state index contributed by atoms with van der Waals surface area (Å²) >= 11 is 12.6. The molecule has 222 valence electrons. The zero-order valence-electron chi connectivity index (χ0n) is 23.7. The molecule has 2 fully saturated rings. The Morgan fingerprint density at radius 1 is 1.00 bits per heavy atom. The van der Waals surface area contributed by atoms with Crippen molar-refractivity contribution in [3.63, 3.8) is 0 Å². The third-order valence-corrected chi connectivity index (χ3v) is 8.18. The average Bonchev–Trinajstić information content (AvgIpc) is 2.93. The number of rotatable bonds is 8. The number of aliphatic carboxylic acids is 1. The third-order valence-electron chi connectivity index (χ3n) is 7.75. The van der Waals surface area contributed by atoms with Crippen molar-refractivity contribution in [2.24, 2.45) is 5.92 Å². The minimum absolute atomic E-state index is 0.0728. The Morgan fingerprint density at radius 3 is 2.31 bits per heavy atom. The molecule has 3 aromatic rings. The minimum Gasteiger partial charge on any atom is -0.481 e. The Bertz CT molecular complexity index is 1410. The number of hydrogen-bond donors (Lipinski definition) is 1. The number of anilines is 1. The molecule has 5 rings (SSSR count). The topological polar surface area (TPSA) is 112 Å². The van der Waals surface area contributed by atoms with Crippen molar-refractivity contribution in [3.05, 3.63) is 58.3 Å². The SMILES string of the molecule is CC(=O)N1CCN(c2ncc(Oc3cc(CN4CCC(CC(=O)O)CC4)cc(-c4cc(Cl)cc(Cl)c4)n3)cn2)CC1C. The number of carboxylic acid groups (broad SMARTS) is 1. The molecule has 0 aliphatic carbocycles. The number of carboxylic acids is 1. The number of carbonyl (C=O) groups is 2. The van der Waals surface area contributed by atoms with Crippen LogP contribution in [0.3, 0.4) is 0 Å². The number of pyridine rings is 1. The van der Waals surface area contributed by atoms with E-state index in [1.54, 1.807) is 25.4 Å². The molecule has 0 radical (unpaired) electrons. The molecule has 0 bridgehead atoms. The highest BCUT2D eigenvalue weighted by Crippen LogP contribution is 2.31. The van der Waals surface area contributed by atoms with E-state index in [1.807, 2.05) is 36.1 Å². The summed E-state index contributed by atoms with van der Waals surface area (Å²) in [6.45, 7) is 7.87. The van der Waals surface area contributed by atoms with Crippen LogP contribution in [0.25, 0.3) is 11.3 Å². The van der Waals surface area contributed by atoms with Gasteiger partial charge in [0.25, 0.3) is 0 Å². The van der Waals surface area contributed by atoms with Gasteiger partial charge in [-0.2, -0.15) is 0 Å². The summed E-state index contributed by atoms with van der Waals surface area (Å²) < 4.78 is 6.15. The minimum atomic E-state index is -0.740. The molecule has 2 aromatic heterocycles. The van der Waals surface area contributed by atoms with Crippen molar-refractivity contribution in [1.82, 2.24) is 24.8 Å². The second kappa shape index (κ2) is 13.2. The maximum absolute atomic E-state index is 11.8. The van der Waals surface area contributed by atoms with Crippen molar-refractivity contribution in [1.29, 1.82) is 0 Å². The Labute approximate surface area is 255 Å². The summed E-state index contributed by atoms with van der Waals surface area (Å²) in [6, 6.07) is 9.27. The summed E-state index contributed by atoms with van der Waals surface area (Å²) in [5.41, 5.74) is 2.44. The molecule has 0 spiro atoms. The van der Waals surface area contributed by atoms with Crippen molar-refractivity contribution in [2.75, 3.05) is 37.6 Å². The number of amides is 1. The van der Waals surface area contributed by atoms with Crippen LogP contribution in [0.2, 0.25) is 10.0 Å². The highest BCUT2D eigenvalue weighted by atomic mass is 35.5. The molecular weight excluding hydrogens is 579 g/mol. The van der Waals surface area contributed by atoms with Gasteiger partial charge in [0.2, 0.25) is 17.7 Å². The largest absolute Gasteiger partial charge is 0.481 e. The van der Waals surface area contributed by atoms with Crippen LogP contribution in [-0.2, 0) is 16.1 Å². The van der Waals surface area contributed by atoms with Gasteiger partial charge in [-0.1, -0.05) is 23.2 Å². The standard InChI is InChI=1S/C30H34Cl2N6O4/c1-19-17-37(7-8-38(19)20(2)39)30-33-15-26(16-34-30)42-28-10-22(18-36-5-3-21(4-6-36)11-29(40)41)9-27(35-28)23-12-24(31)14-25(32)13-23/h9-10,12-16,19,21H,3-8,11,17-18H2,1-2H3,(H,40,41). The Morgan fingerprint density at radius 2 is 1.69 bits per heavy atom. The first-order valence-electron chi connectivity index (χ1n) is 14.1. The third kappa shape index (κ3) is 7.67. The van der Waals surface area contributed by atoms with Gasteiger partial charge in [0, 0.05) is 67.2 Å². The van der Waals surface area contributed by atoms with E-state index >= 15 is 0 Å². The van der Waals surface area contributed by atoms with Crippen LogP contribution in [0.4, 0.5) is 5.95 Å². The number of likely N-dealkylation sites (tertiary alicyclic amines) is 1. The summed E-state index contributed by atoms with van der Waals surface area (Å²) in [6.07, 6.45) is 5.17. The number of piperidine rings is 1. The van der Waals surface area contributed by atoms with E-state index in [0.29, 0.717) is 59.5 Å². The first-order chi connectivity index (χ1) is 20.1. The van der Waals surface area contributed by atoms with Gasteiger partial charge >= 0.3 is 5.97 Å². The molecule has 1 unspecified atom stereocenters. The highest BCUT2D eigenvalue weighted by molar-refractivity contribution is 6.35. The predicted octanol–water partition coefficient (Wildman–Crippen LogP) is 5.38. The van der Waals surface area contributed by atoms with Gasteiger partial charge in [0.05, 0.1) is 18.1 Å². The van der Waals surface area contributed by atoms with Crippen molar-refractivity contribution in [2.45, 2.75) is 45.7 Å². The quantitative estimate of drug-likeness (QED) is 0.358. The van der Waals surface area contributed by atoms with E-state index in [-0.39, 0.29) is 24.3 Å². The molecule has 2 aliphatic rings. The zero-order chi connectivity index (χ0) is 29.8. The number of benzene rings is 1. The van der Waals surface area contributed by atoms with Gasteiger partial charge in [-0.05, 0) is 68.6 Å². The first kappa shape index (κ1) is 30.0. The molecule has 4 heterocycles. The van der Waals surface area contributed by atoms with Gasteiger partial charge < -0.3 is 19.6 Å². The molecule has 0 saturated carbocycles. The van der Waals surface area contributed by atoms with Gasteiger partial charge in [-0.25, -0.2) is 15.0 Å². The van der Waals surface area contributed by atoms with E-state index in [4.69, 9.17) is 38.0 Å². The fourth-order valence-corrected chi connectivity index (χ4v) is 6.19. The number of nitrogens with zero attached hydrogens (tertiary/aromatic N) is 6. The van der Waals surface area contributed by atoms with Gasteiger partial charge in [-0.3, -0.25) is 14.5 Å². The normalized spacial score (nSPS) is 18.2. The summed E-state index contributed by atoms with van der Waals surface area (Å²) in [5, 5.41) is 10.2. The molecule has 1 atom stereocenters. The van der Waals surface area contributed by atoms with Gasteiger partial charge in [0.15, 0.2) is 5.75 Å². The summed E-state index contributed by atoms with van der Waals surface area (Å²) in [5.74, 6) is 0.964. The van der Waals surface area contributed by atoms with Crippen LogP contribution in [0.1, 0.15) is 38.7 Å². The highest BCUT2D eigenvalue weighted by Gasteiger charge is 2.27. The molecule has 12 heteroatoms. The van der Waals surface area contributed by atoms with Crippen LogP contribution in [-0.4, -0.2) is 80.5 Å². The molecular formula is C30H34Cl2N6O4. The van der Waals surface area contributed by atoms with Gasteiger partial charge in [0.1, 0.15) is 0 Å². The molecule has 1 aromatic carbocycles. The maximum Gasteiger partial charge on any atom is 0.303 e. The second-order valence-electron chi connectivity index (χ2n) is 11.0. The zero-order valence-corrected chi connectivity index (χ0v) is 25.2. The second-order valence-corrected chi connectivity index (χ2v) is 11.9. The van der Waals surface area contributed by atoms with Gasteiger partial charge in [-0.15, -0.1) is 0 Å². The number of carbonyl (C=O) groups excluding carboxylic acids is 1. The lowest BCUT2D eigenvalue weighted by Crippen LogP contribution is -2.53. The maximum atomic E-state index is 11.8. The predicted molar refractivity (Wildman–Crippen MR) is 161 cm³/mol. The van der Waals surface area contributed by atoms with Crippen LogP contribution >= 0.6 is 23.2 Å². The van der Waals surface area contributed by atoms with Crippen molar-refractivity contribution < 1.29 is 19.4 Å². The molecule has 2 saturated heterocycles. The number of piperazine rings is 1. The number of aromatic nitrogens is 3. The number of halogens is 2. The van der Waals surface area contributed by atoms with E-state index in [2.05, 4.69) is 19.8 Å². The van der Waals surface area contributed by atoms with E-state index in [0.717, 1.165) is 37.1 Å². The lowest BCUT2D eigenvalue weighted by molar-refractivity contribution is -0.138. The van der Waals surface area contributed by atoms with E-state index in [9.17, 15) is 9.59 Å². The first-order valence-corrected chi connectivity index (χ1v) is 14.8. The smallest absolute Gasteiger partial charge is 0.303 e. The van der Waals surface area contributed by atoms with E-state index < -0.39 is 5.97 Å². The fraction of sp³-hybridized carbons (Fsp3) is 0.433. The van der Waals surface area contributed by atoms with Crippen molar-refractivity contribution >= 4 is 41.0 Å². The lowest BCUT2D eigenvalue weighted by Gasteiger charge is -2.39. The van der Waals surface area contributed by atoms with E-state index in [1.165, 1.54) is 0 Å². The van der Waals surface area contributed by atoms with Crippen LogP contribution in [0.15, 0.2) is 42.7 Å². The average molecular weight is 614 g/mol. The van der Waals surface area contributed by atoms with Crippen LogP contribution in [0.5, 0.6) is 11.6 Å². The summed E-state index contributed by atoms with van der Waals surface area (Å²) in [7, 11) is 0. The molecule has 1 N–H and O–H groups in total. The molecule has 1 amide bonds. The molecule has 10 nitrogen and oxygen atoms in total. The summed E-state index contributed by atoms with van der Waals surface area (Å²) in [4.78, 5) is 43.0. The molecule has 42 heavy (non-hydrogen) atoms. The Hall–Kier alpha value is -3.47. The Kier molecular flexibility index (Phi) is 9.45.